The molecule has 3 atom stereocenters. The zero-order valence-corrected chi connectivity index (χ0v) is 26.0. The first-order chi connectivity index (χ1) is 22.9. The number of morpholine rings is 1. The molecule has 3 N–H and O–H groups in total. The minimum Gasteiger partial charge on any atom is -0.491 e. The van der Waals surface area contributed by atoms with Gasteiger partial charge < -0.3 is 30.2 Å². The van der Waals surface area contributed by atoms with Gasteiger partial charge in [0.15, 0.2) is 0 Å². The maximum absolute atomic E-state index is 15.3. The Labute approximate surface area is 273 Å². The number of hydrogen-bond acceptors (Lipinski definition) is 7. The summed E-state index contributed by atoms with van der Waals surface area (Å²) < 4.78 is 32.3. The first kappa shape index (κ1) is 33.1. The Balaban J connectivity index is 1.29. The van der Waals surface area contributed by atoms with E-state index in [4.69, 9.17) is 19.5 Å². The molecule has 242 valence electrons. The monoisotopic (exact) mass is 636 g/mol. The number of nitriles is 1. The SMILES string of the molecule is COC(=O)NC(C(=O)Nc1cccc(F)c1CC[C@@H]1CNC[C@@H](COc2ccc(C#N)cc2)O1)C(c1ccccc1)c1ccccc1. The standard InChI is InChI=1S/C37H37FN4O5/c1-45-37(44)42-35(34(26-9-4-2-5-10-26)27-11-6-3-7-12-27)36(43)41-33-14-8-13-32(38)31(33)20-19-29-22-40-23-30(47-29)24-46-28-17-15-25(21-39)16-18-28/h2-18,29-30,34-35,40H,19-20,22-24H2,1H3,(H,41,43)(H,42,44)/t29-,30+,35?/m1/s1. The molecule has 1 heterocycles. The maximum atomic E-state index is 15.3. The Morgan fingerprint density at radius 1 is 0.936 bits per heavy atom. The molecule has 1 aliphatic rings. The highest BCUT2D eigenvalue weighted by Gasteiger charge is 2.33. The Morgan fingerprint density at radius 2 is 1.60 bits per heavy atom. The van der Waals surface area contributed by atoms with Gasteiger partial charge >= 0.3 is 6.09 Å². The van der Waals surface area contributed by atoms with Crippen molar-refractivity contribution in [3.05, 3.63) is 131 Å². The molecule has 10 heteroatoms. The Kier molecular flexibility index (Phi) is 11.5. The molecular weight excluding hydrogens is 599 g/mol. The summed E-state index contributed by atoms with van der Waals surface area (Å²) in [5, 5.41) is 18.0. The fraction of sp³-hybridized carbons (Fsp3) is 0.270. The molecule has 4 aromatic rings. The molecule has 9 nitrogen and oxygen atoms in total. The van der Waals surface area contributed by atoms with Gasteiger partial charge in [0.1, 0.15) is 30.3 Å². The van der Waals surface area contributed by atoms with Crippen LogP contribution in [0.25, 0.3) is 0 Å². The summed E-state index contributed by atoms with van der Waals surface area (Å²) in [6, 6.07) is 31.2. The highest BCUT2D eigenvalue weighted by molar-refractivity contribution is 5.98. The molecule has 0 bridgehead atoms. The minimum atomic E-state index is -1.08. The third-order valence-corrected chi connectivity index (χ3v) is 8.03. The number of benzene rings is 4. The van der Waals surface area contributed by atoms with Crippen LogP contribution < -0.4 is 20.7 Å². The first-order valence-electron chi connectivity index (χ1n) is 15.5. The number of alkyl carbamates (subject to hydrolysis) is 1. The lowest BCUT2D eigenvalue weighted by molar-refractivity contribution is -0.118. The highest BCUT2D eigenvalue weighted by Crippen LogP contribution is 2.30. The van der Waals surface area contributed by atoms with E-state index in [1.54, 1.807) is 30.3 Å². The van der Waals surface area contributed by atoms with Crippen LogP contribution in [0.5, 0.6) is 5.75 Å². The van der Waals surface area contributed by atoms with Gasteiger partial charge in [-0.05, 0) is 60.4 Å². The second-order valence-electron chi connectivity index (χ2n) is 11.2. The molecule has 0 radical (unpaired) electrons. The largest absolute Gasteiger partial charge is 0.491 e. The van der Waals surface area contributed by atoms with Crippen LogP contribution in [-0.2, 0) is 20.7 Å². The number of carbonyl (C=O) groups is 2. The fourth-order valence-corrected chi connectivity index (χ4v) is 5.69. The van der Waals surface area contributed by atoms with Crippen LogP contribution in [0.1, 0.15) is 34.6 Å². The summed E-state index contributed by atoms with van der Waals surface area (Å²) in [6.45, 7) is 1.51. The van der Waals surface area contributed by atoms with E-state index >= 15 is 4.39 Å². The molecule has 1 aliphatic heterocycles. The van der Waals surface area contributed by atoms with Crippen molar-refractivity contribution in [2.24, 2.45) is 0 Å². The lowest BCUT2D eigenvalue weighted by Gasteiger charge is -2.31. The van der Waals surface area contributed by atoms with Crippen LogP contribution in [0.3, 0.4) is 0 Å². The number of methoxy groups -OCH3 is 1. The van der Waals surface area contributed by atoms with Gasteiger partial charge in [-0.15, -0.1) is 0 Å². The van der Waals surface area contributed by atoms with Crippen molar-refractivity contribution in [3.8, 4) is 11.8 Å². The molecule has 2 amide bonds. The summed E-state index contributed by atoms with van der Waals surface area (Å²) in [6.07, 6.45) is -0.405. The first-order valence-corrected chi connectivity index (χ1v) is 15.5. The van der Waals surface area contributed by atoms with E-state index in [0.29, 0.717) is 55.1 Å². The van der Waals surface area contributed by atoms with Crippen LogP contribution in [0, 0.1) is 17.1 Å². The van der Waals surface area contributed by atoms with E-state index in [9.17, 15) is 9.59 Å². The second-order valence-corrected chi connectivity index (χ2v) is 11.2. The van der Waals surface area contributed by atoms with Gasteiger partial charge in [-0.2, -0.15) is 5.26 Å². The topological polar surface area (TPSA) is 122 Å². The molecule has 0 saturated carbocycles. The van der Waals surface area contributed by atoms with Gasteiger partial charge in [0.25, 0.3) is 0 Å². The van der Waals surface area contributed by atoms with Crippen molar-refractivity contribution in [2.45, 2.75) is 37.0 Å². The van der Waals surface area contributed by atoms with E-state index in [0.717, 1.165) is 11.1 Å². The van der Waals surface area contributed by atoms with Crippen molar-refractivity contribution in [1.82, 2.24) is 10.6 Å². The number of nitrogens with zero attached hydrogens (tertiary/aromatic N) is 1. The number of anilines is 1. The predicted molar refractivity (Wildman–Crippen MR) is 176 cm³/mol. The number of amides is 2. The molecular formula is C37H37FN4O5. The van der Waals surface area contributed by atoms with E-state index in [-0.39, 0.29) is 12.2 Å². The number of nitrogens with one attached hydrogen (secondary N) is 3. The van der Waals surface area contributed by atoms with E-state index in [2.05, 4.69) is 22.0 Å². The molecule has 1 unspecified atom stereocenters. The number of rotatable bonds is 12. The summed E-state index contributed by atoms with van der Waals surface area (Å²) in [5.41, 5.74) is 2.84. The van der Waals surface area contributed by atoms with Gasteiger partial charge in [-0.3, -0.25) is 4.79 Å². The zero-order chi connectivity index (χ0) is 33.0. The molecule has 4 aromatic carbocycles. The summed E-state index contributed by atoms with van der Waals surface area (Å²) >= 11 is 0. The lowest BCUT2D eigenvalue weighted by Crippen LogP contribution is -2.48. The lowest BCUT2D eigenvalue weighted by atomic mass is 9.84. The molecule has 1 fully saturated rings. The zero-order valence-electron chi connectivity index (χ0n) is 26.0. The second kappa shape index (κ2) is 16.4. The van der Waals surface area contributed by atoms with Crippen molar-refractivity contribution in [3.63, 3.8) is 0 Å². The van der Waals surface area contributed by atoms with Crippen molar-refractivity contribution in [2.75, 3.05) is 32.1 Å². The average molecular weight is 637 g/mol. The molecule has 47 heavy (non-hydrogen) atoms. The maximum Gasteiger partial charge on any atom is 0.407 e. The van der Waals surface area contributed by atoms with Crippen molar-refractivity contribution in [1.29, 1.82) is 5.26 Å². The third-order valence-electron chi connectivity index (χ3n) is 8.03. The molecule has 0 aliphatic carbocycles. The van der Waals surface area contributed by atoms with E-state index in [1.807, 2.05) is 60.7 Å². The predicted octanol–water partition coefficient (Wildman–Crippen LogP) is 5.56. The smallest absolute Gasteiger partial charge is 0.407 e. The highest BCUT2D eigenvalue weighted by atomic mass is 19.1. The van der Waals surface area contributed by atoms with Crippen molar-refractivity contribution >= 4 is 17.7 Å². The quantitative estimate of drug-likeness (QED) is 0.186. The number of hydrogen-bond donors (Lipinski definition) is 3. The Hall–Kier alpha value is -5.24. The van der Waals surface area contributed by atoms with Gasteiger partial charge in [0.05, 0.1) is 24.8 Å². The summed E-state index contributed by atoms with van der Waals surface area (Å²) in [4.78, 5) is 26.5. The van der Waals surface area contributed by atoms with Crippen molar-refractivity contribution < 1.29 is 28.2 Å². The van der Waals surface area contributed by atoms with Crippen LogP contribution in [-0.4, -0.2) is 57.1 Å². The van der Waals surface area contributed by atoms with E-state index in [1.165, 1.54) is 19.2 Å². The molecule has 0 spiro atoms. The van der Waals surface area contributed by atoms with Crippen LogP contribution in [0.2, 0.25) is 0 Å². The van der Waals surface area contributed by atoms with E-state index < -0.39 is 29.8 Å². The normalized spacial score (nSPS) is 16.5. The number of carbonyl (C=O) groups excluding carboxylic acids is 2. The summed E-state index contributed by atoms with van der Waals surface area (Å²) in [5.74, 6) is -0.884. The number of halogens is 1. The fourth-order valence-electron chi connectivity index (χ4n) is 5.69. The molecule has 1 saturated heterocycles. The van der Waals surface area contributed by atoms with Gasteiger partial charge in [0, 0.05) is 30.3 Å². The molecule has 5 rings (SSSR count). The van der Waals surface area contributed by atoms with Crippen LogP contribution in [0.15, 0.2) is 103 Å². The Morgan fingerprint density at radius 3 is 2.23 bits per heavy atom. The Bertz CT molecular complexity index is 1620. The third kappa shape index (κ3) is 8.94. The average Bonchev–Trinajstić information content (AvgIpc) is 3.11. The number of ether oxygens (including phenoxy) is 3. The van der Waals surface area contributed by atoms with Crippen LogP contribution in [0.4, 0.5) is 14.9 Å². The summed E-state index contributed by atoms with van der Waals surface area (Å²) in [7, 11) is 1.24. The minimum absolute atomic E-state index is 0.212. The van der Waals surface area contributed by atoms with Crippen LogP contribution >= 0.6 is 0 Å². The van der Waals surface area contributed by atoms with Gasteiger partial charge in [-0.25, -0.2) is 9.18 Å². The van der Waals surface area contributed by atoms with Gasteiger partial charge in [0.2, 0.25) is 5.91 Å². The molecule has 0 aromatic heterocycles. The van der Waals surface area contributed by atoms with Gasteiger partial charge in [-0.1, -0.05) is 66.7 Å².